The van der Waals surface area contributed by atoms with Gasteiger partial charge >= 0.3 is 0 Å². The van der Waals surface area contributed by atoms with E-state index >= 15 is 0 Å². The number of hydrogen-bond donors (Lipinski definition) is 1. The molecule has 1 aliphatic rings. The molecule has 0 aromatic heterocycles. The molecule has 1 N–H and O–H groups in total. The van der Waals surface area contributed by atoms with Crippen molar-refractivity contribution >= 4 is 33.9 Å². The second kappa shape index (κ2) is 8.26. The molecule has 1 heterocycles. The lowest BCUT2D eigenvalue weighted by Gasteiger charge is -2.25. The van der Waals surface area contributed by atoms with Crippen molar-refractivity contribution in [3.63, 3.8) is 0 Å². The zero-order chi connectivity index (χ0) is 22.1. The third-order valence-corrected chi connectivity index (χ3v) is 5.77. The highest BCUT2D eigenvalue weighted by Crippen LogP contribution is 2.40. The lowest BCUT2D eigenvalue weighted by molar-refractivity contribution is -0.139. The van der Waals surface area contributed by atoms with Gasteiger partial charge in [-0.25, -0.2) is 0 Å². The maximum Gasteiger partial charge on any atom is 0.295 e. The quantitative estimate of drug-likeness (QED) is 0.372. The van der Waals surface area contributed by atoms with Gasteiger partial charge in [0.15, 0.2) is 0 Å². The first kappa shape index (κ1) is 20.7. The van der Waals surface area contributed by atoms with E-state index in [1.54, 1.807) is 11.0 Å². The molecule has 3 aromatic carbocycles. The Labute approximate surface area is 182 Å². The normalized spacial score (nSPS) is 18.0. The highest BCUT2D eigenvalue weighted by molar-refractivity contribution is 6.46. The molecule has 31 heavy (non-hydrogen) atoms. The van der Waals surface area contributed by atoms with Gasteiger partial charge in [0.2, 0.25) is 0 Å². The maximum absolute atomic E-state index is 13.1. The predicted octanol–water partition coefficient (Wildman–Crippen LogP) is 4.74. The van der Waals surface area contributed by atoms with Gasteiger partial charge in [-0.2, -0.15) is 0 Å². The van der Waals surface area contributed by atoms with Crippen LogP contribution in [0.3, 0.4) is 0 Å². The molecule has 1 amide bonds. The zero-order valence-electron chi connectivity index (χ0n) is 18.0. The summed E-state index contributed by atoms with van der Waals surface area (Å²) in [4.78, 5) is 29.5. The van der Waals surface area contributed by atoms with Crippen molar-refractivity contribution in [2.75, 3.05) is 25.5 Å². The number of benzene rings is 3. The highest BCUT2D eigenvalue weighted by atomic mass is 16.3. The Morgan fingerprint density at radius 2 is 1.65 bits per heavy atom. The average Bonchev–Trinajstić information content (AvgIpc) is 3.03. The van der Waals surface area contributed by atoms with Crippen LogP contribution in [0.15, 0.2) is 72.3 Å². The second-order valence-electron chi connectivity index (χ2n) is 8.01. The zero-order valence-corrected chi connectivity index (χ0v) is 18.0. The van der Waals surface area contributed by atoms with Crippen LogP contribution in [0, 0.1) is 0 Å². The minimum atomic E-state index is -0.638. The van der Waals surface area contributed by atoms with Crippen molar-refractivity contribution in [3.05, 3.63) is 83.4 Å². The molecule has 1 fully saturated rings. The van der Waals surface area contributed by atoms with E-state index in [4.69, 9.17) is 0 Å². The average molecular weight is 415 g/mol. The van der Waals surface area contributed by atoms with Crippen molar-refractivity contribution in [3.8, 4) is 0 Å². The van der Waals surface area contributed by atoms with Gasteiger partial charge < -0.3 is 14.9 Å². The first-order valence-electron chi connectivity index (χ1n) is 10.5. The largest absolute Gasteiger partial charge is 0.507 e. The molecule has 0 aliphatic carbocycles. The Kier molecular flexibility index (Phi) is 5.51. The van der Waals surface area contributed by atoms with E-state index in [0.717, 1.165) is 22.0 Å². The first-order valence-corrected chi connectivity index (χ1v) is 10.5. The van der Waals surface area contributed by atoms with Gasteiger partial charge in [0.1, 0.15) is 5.76 Å². The standard InChI is InChI=1S/C26H26N2O3/c1-4-16-28-23(18-12-14-19(15-13-18)27(2)3)22(25(30)26(28)31)24(29)21-11-7-9-17-8-5-6-10-20(17)21/h5-15,23,29H,4,16H2,1-3H3/b24-22-. The highest BCUT2D eigenvalue weighted by Gasteiger charge is 2.45. The van der Waals surface area contributed by atoms with Crippen LogP contribution in [-0.4, -0.2) is 42.3 Å². The van der Waals surface area contributed by atoms with Crippen LogP contribution in [0.25, 0.3) is 16.5 Å². The summed E-state index contributed by atoms with van der Waals surface area (Å²) >= 11 is 0. The van der Waals surface area contributed by atoms with Gasteiger partial charge in [-0.05, 0) is 34.9 Å². The molecule has 3 aromatic rings. The minimum Gasteiger partial charge on any atom is -0.507 e. The van der Waals surface area contributed by atoms with E-state index in [9.17, 15) is 14.7 Å². The molecule has 0 spiro atoms. The number of rotatable bonds is 5. The van der Waals surface area contributed by atoms with Crippen molar-refractivity contribution in [1.82, 2.24) is 4.90 Å². The Morgan fingerprint density at radius 3 is 2.32 bits per heavy atom. The third kappa shape index (κ3) is 3.56. The molecular weight excluding hydrogens is 388 g/mol. The summed E-state index contributed by atoms with van der Waals surface area (Å²) in [7, 11) is 3.91. The van der Waals surface area contributed by atoms with Crippen molar-refractivity contribution in [2.24, 2.45) is 0 Å². The maximum atomic E-state index is 13.1. The molecule has 0 radical (unpaired) electrons. The number of aliphatic hydroxyl groups excluding tert-OH is 1. The van der Waals surface area contributed by atoms with E-state index < -0.39 is 17.7 Å². The number of likely N-dealkylation sites (tertiary alicyclic amines) is 1. The Morgan fingerprint density at radius 1 is 0.968 bits per heavy atom. The first-order chi connectivity index (χ1) is 14.9. The lowest BCUT2D eigenvalue weighted by atomic mass is 9.93. The fraction of sp³-hybridized carbons (Fsp3) is 0.231. The number of hydrogen-bond acceptors (Lipinski definition) is 4. The number of ketones is 1. The molecule has 5 heteroatoms. The second-order valence-corrected chi connectivity index (χ2v) is 8.01. The number of carbonyl (C=O) groups is 2. The van der Waals surface area contributed by atoms with Crippen molar-refractivity contribution in [2.45, 2.75) is 19.4 Å². The molecule has 1 saturated heterocycles. The lowest BCUT2D eigenvalue weighted by Crippen LogP contribution is -2.30. The van der Waals surface area contributed by atoms with Gasteiger partial charge in [0, 0.05) is 31.9 Å². The molecule has 0 saturated carbocycles. The van der Waals surface area contributed by atoms with Crippen LogP contribution in [0.2, 0.25) is 0 Å². The Hall–Kier alpha value is -3.60. The smallest absolute Gasteiger partial charge is 0.295 e. The van der Waals surface area contributed by atoms with Crippen molar-refractivity contribution < 1.29 is 14.7 Å². The molecular formula is C26H26N2O3. The van der Waals surface area contributed by atoms with Crippen LogP contribution >= 0.6 is 0 Å². The van der Waals surface area contributed by atoms with Gasteiger partial charge in [0.25, 0.3) is 11.7 Å². The number of amides is 1. The molecule has 158 valence electrons. The number of carbonyl (C=O) groups excluding carboxylic acids is 2. The summed E-state index contributed by atoms with van der Waals surface area (Å²) in [6.07, 6.45) is 0.716. The number of anilines is 1. The monoisotopic (exact) mass is 414 g/mol. The molecule has 1 aliphatic heterocycles. The molecule has 0 bridgehead atoms. The van der Waals surface area contributed by atoms with Gasteiger partial charge in [-0.1, -0.05) is 61.5 Å². The van der Waals surface area contributed by atoms with Crippen LogP contribution < -0.4 is 4.90 Å². The molecule has 1 atom stereocenters. The van der Waals surface area contributed by atoms with E-state index in [1.165, 1.54) is 0 Å². The van der Waals surface area contributed by atoms with Gasteiger partial charge in [0.05, 0.1) is 11.6 Å². The van der Waals surface area contributed by atoms with E-state index in [2.05, 4.69) is 0 Å². The number of nitrogens with zero attached hydrogens (tertiary/aromatic N) is 2. The topological polar surface area (TPSA) is 60.9 Å². The summed E-state index contributed by atoms with van der Waals surface area (Å²) < 4.78 is 0. The van der Waals surface area contributed by atoms with Crippen LogP contribution in [-0.2, 0) is 9.59 Å². The van der Waals surface area contributed by atoms with Gasteiger partial charge in [-0.3, -0.25) is 9.59 Å². The molecule has 1 unspecified atom stereocenters. The number of fused-ring (bicyclic) bond motifs is 1. The van der Waals surface area contributed by atoms with Crippen LogP contribution in [0.1, 0.15) is 30.5 Å². The number of aliphatic hydroxyl groups is 1. The third-order valence-electron chi connectivity index (χ3n) is 5.77. The Balaban J connectivity index is 1.92. The van der Waals surface area contributed by atoms with E-state index in [-0.39, 0.29) is 11.3 Å². The van der Waals surface area contributed by atoms with Crippen molar-refractivity contribution in [1.29, 1.82) is 0 Å². The van der Waals surface area contributed by atoms with Gasteiger partial charge in [-0.15, -0.1) is 0 Å². The summed E-state index contributed by atoms with van der Waals surface area (Å²) in [5.41, 5.74) is 2.53. The number of Topliss-reactive ketones (excluding diaryl/α,β-unsaturated/α-hetero) is 1. The summed E-state index contributed by atoms with van der Waals surface area (Å²) in [5.74, 6) is -1.33. The minimum absolute atomic E-state index is 0.129. The van der Waals surface area contributed by atoms with Crippen LogP contribution in [0.5, 0.6) is 0 Å². The van der Waals surface area contributed by atoms with E-state index in [0.29, 0.717) is 18.5 Å². The molecule has 5 nitrogen and oxygen atoms in total. The summed E-state index contributed by atoms with van der Waals surface area (Å²) in [5, 5.41) is 13.1. The fourth-order valence-corrected chi connectivity index (χ4v) is 4.23. The molecule has 4 rings (SSSR count). The SMILES string of the molecule is CCCN1C(=O)C(=O)/C(=C(\O)c2cccc3ccccc23)C1c1ccc(N(C)C)cc1. The van der Waals surface area contributed by atoms with E-state index in [1.807, 2.05) is 86.6 Å². The predicted molar refractivity (Wildman–Crippen MR) is 124 cm³/mol. The van der Waals surface area contributed by atoms with Crippen LogP contribution in [0.4, 0.5) is 5.69 Å². The Bertz CT molecular complexity index is 1170. The summed E-state index contributed by atoms with van der Waals surface area (Å²) in [6.45, 7) is 2.41. The summed E-state index contributed by atoms with van der Waals surface area (Å²) in [6, 6.07) is 20.4. The fourth-order valence-electron chi connectivity index (χ4n) is 4.23.